The van der Waals surface area contributed by atoms with Gasteiger partial charge in [-0.15, -0.1) is 0 Å². The Kier molecular flexibility index (Phi) is 4.38. The molecule has 0 saturated carbocycles. The third-order valence-electron chi connectivity index (χ3n) is 4.54. The van der Waals surface area contributed by atoms with Crippen molar-refractivity contribution in [1.29, 1.82) is 0 Å². The van der Waals surface area contributed by atoms with Gasteiger partial charge in [0.2, 0.25) is 11.7 Å². The summed E-state index contributed by atoms with van der Waals surface area (Å²) in [5.74, 6) is 0.580. The molecule has 0 radical (unpaired) electrons. The molecule has 1 atom stereocenters. The number of aromatic nitrogens is 1. The highest BCUT2D eigenvalue weighted by molar-refractivity contribution is 6.15. The number of hydrogen-bond acceptors (Lipinski definition) is 4. The minimum absolute atomic E-state index is 0.163. The van der Waals surface area contributed by atoms with Crippen molar-refractivity contribution in [2.45, 2.75) is 19.5 Å². The second-order valence-corrected chi connectivity index (χ2v) is 6.25. The molecule has 0 unspecified atom stereocenters. The topological polar surface area (TPSA) is 77.4 Å². The van der Waals surface area contributed by atoms with Crippen molar-refractivity contribution in [2.75, 3.05) is 0 Å². The number of ketones is 1. The van der Waals surface area contributed by atoms with E-state index in [1.165, 1.54) is 6.26 Å². The highest BCUT2D eigenvalue weighted by Crippen LogP contribution is 2.27. The van der Waals surface area contributed by atoms with Crippen LogP contribution in [0.2, 0.25) is 0 Å². The maximum absolute atomic E-state index is 12.8. The zero-order valence-corrected chi connectivity index (χ0v) is 14.7. The molecule has 6 heteroatoms. The fourth-order valence-electron chi connectivity index (χ4n) is 3.11. The maximum Gasteiger partial charge on any atom is 0.243 e. The van der Waals surface area contributed by atoms with Gasteiger partial charge in [-0.25, -0.2) is 0 Å². The molecule has 27 heavy (non-hydrogen) atoms. The van der Waals surface area contributed by atoms with Gasteiger partial charge in [-0.1, -0.05) is 18.2 Å². The van der Waals surface area contributed by atoms with Gasteiger partial charge in [0.25, 0.3) is 0 Å². The number of nitrogens with one attached hydrogen (secondary N) is 1. The molecular formula is C21H18N2O4. The van der Waals surface area contributed by atoms with Gasteiger partial charge < -0.3 is 18.7 Å². The smallest absolute Gasteiger partial charge is 0.243 e. The monoisotopic (exact) mass is 362 g/mol. The number of fused-ring (bicyclic) bond motifs is 1. The lowest BCUT2D eigenvalue weighted by Crippen LogP contribution is -2.30. The van der Waals surface area contributed by atoms with Crippen molar-refractivity contribution in [2.24, 2.45) is 0 Å². The van der Waals surface area contributed by atoms with Gasteiger partial charge in [-0.2, -0.15) is 0 Å². The summed E-state index contributed by atoms with van der Waals surface area (Å²) >= 11 is 0. The number of hydrogen-bond donors (Lipinski definition) is 1. The Morgan fingerprint density at radius 2 is 1.81 bits per heavy atom. The van der Waals surface area contributed by atoms with Gasteiger partial charge >= 0.3 is 0 Å². The van der Waals surface area contributed by atoms with Crippen LogP contribution in [-0.4, -0.2) is 16.3 Å². The summed E-state index contributed by atoms with van der Waals surface area (Å²) < 4.78 is 12.3. The normalized spacial score (nSPS) is 12.2. The van der Waals surface area contributed by atoms with Crippen LogP contribution in [0, 0.1) is 0 Å². The molecule has 4 aromatic rings. The van der Waals surface area contributed by atoms with E-state index in [1.807, 2.05) is 28.8 Å². The van der Waals surface area contributed by atoms with E-state index in [-0.39, 0.29) is 17.5 Å². The van der Waals surface area contributed by atoms with Gasteiger partial charge in [0.15, 0.2) is 5.76 Å². The quantitative estimate of drug-likeness (QED) is 0.527. The van der Waals surface area contributed by atoms with Crippen LogP contribution in [0.1, 0.15) is 34.8 Å². The average molecular weight is 362 g/mol. The molecule has 3 aromatic heterocycles. The van der Waals surface area contributed by atoms with E-state index in [4.69, 9.17) is 8.83 Å². The van der Waals surface area contributed by atoms with E-state index in [2.05, 4.69) is 5.32 Å². The minimum atomic E-state index is -0.497. The minimum Gasteiger partial charge on any atom is -0.467 e. The van der Waals surface area contributed by atoms with E-state index in [1.54, 1.807) is 43.6 Å². The largest absolute Gasteiger partial charge is 0.467 e. The SMILES string of the molecule is C[C@@H](C(=O)NCc1ccco1)n1cc(C(=O)c2ccco2)c2ccccc21. The first kappa shape index (κ1) is 16.9. The summed E-state index contributed by atoms with van der Waals surface area (Å²) in [5, 5.41) is 3.64. The number of furan rings is 2. The molecule has 1 amide bonds. The van der Waals surface area contributed by atoms with E-state index in [0.29, 0.717) is 17.9 Å². The number of amides is 1. The molecule has 0 saturated heterocycles. The van der Waals surface area contributed by atoms with Crippen molar-refractivity contribution in [1.82, 2.24) is 9.88 Å². The number of rotatable bonds is 6. The summed E-state index contributed by atoms with van der Waals surface area (Å²) in [6, 6.07) is 13.9. The number of para-hydroxylation sites is 1. The molecule has 1 N–H and O–H groups in total. The summed E-state index contributed by atoms with van der Waals surface area (Å²) in [4.78, 5) is 25.4. The van der Waals surface area contributed by atoms with Gasteiger partial charge in [0.05, 0.1) is 24.6 Å². The highest BCUT2D eigenvalue weighted by Gasteiger charge is 2.23. The van der Waals surface area contributed by atoms with Crippen molar-refractivity contribution in [3.8, 4) is 0 Å². The molecule has 3 heterocycles. The van der Waals surface area contributed by atoms with E-state index >= 15 is 0 Å². The maximum atomic E-state index is 12.8. The summed E-state index contributed by atoms with van der Waals surface area (Å²) in [6.45, 7) is 2.11. The Morgan fingerprint density at radius 1 is 1.04 bits per heavy atom. The first-order valence-corrected chi connectivity index (χ1v) is 8.63. The standard InChI is InChI=1S/C21H18N2O4/c1-14(21(25)22-12-15-6-4-10-26-15)23-13-17(16-7-2-3-8-18(16)23)20(24)19-9-5-11-27-19/h2-11,13-14H,12H2,1H3,(H,22,25)/t14-/m0/s1. The number of nitrogens with zero attached hydrogens (tertiary/aromatic N) is 1. The van der Waals surface area contributed by atoms with Crippen LogP contribution >= 0.6 is 0 Å². The summed E-state index contributed by atoms with van der Waals surface area (Å²) in [5.41, 5.74) is 1.32. The summed E-state index contributed by atoms with van der Waals surface area (Å²) in [6.07, 6.45) is 4.75. The second kappa shape index (κ2) is 6.99. The predicted molar refractivity (Wildman–Crippen MR) is 99.3 cm³/mol. The van der Waals surface area contributed by atoms with Gasteiger partial charge in [0, 0.05) is 17.1 Å². The van der Waals surface area contributed by atoms with Crippen LogP contribution < -0.4 is 5.32 Å². The Labute approximate surface area is 155 Å². The van der Waals surface area contributed by atoms with Gasteiger partial charge in [0.1, 0.15) is 11.8 Å². The van der Waals surface area contributed by atoms with Crippen LogP contribution in [0.4, 0.5) is 0 Å². The highest BCUT2D eigenvalue weighted by atomic mass is 16.3. The van der Waals surface area contributed by atoms with Crippen LogP contribution in [0.25, 0.3) is 10.9 Å². The fraction of sp³-hybridized carbons (Fsp3) is 0.143. The van der Waals surface area contributed by atoms with Crippen LogP contribution in [0.5, 0.6) is 0 Å². The van der Waals surface area contributed by atoms with E-state index in [0.717, 1.165) is 10.9 Å². The molecule has 0 aliphatic rings. The molecule has 0 aliphatic carbocycles. The Morgan fingerprint density at radius 3 is 2.56 bits per heavy atom. The zero-order chi connectivity index (χ0) is 18.8. The molecule has 0 fully saturated rings. The fourth-order valence-corrected chi connectivity index (χ4v) is 3.11. The molecule has 0 aliphatic heterocycles. The average Bonchev–Trinajstić information content (AvgIpc) is 3.45. The van der Waals surface area contributed by atoms with Crippen LogP contribution in [-0.2, 0) is 11.3 Å². The summed E-state index contributed by atoms with van der Waals surface area (Å²) in [7, 11) is 0. The molecule has 136 valence electrons. The first-order valence-electron chi connectivity index (χ1n) is 8.63. The van der Waals surface area contributed by atoms with E-state index in [9.17, 15) is 9.59 Å². The van der Waals surface area contributed by atoms with Crippen molar-refractivity contribution >= 4 is 22.6 Å². The Balaban J connectivity index is 1.65. The molecular weight excluding hydrogens is 344 g/mol. The molecule has 6 nitrogen and oxygen atoms in total. The second-order valence-electron chi connectivity index (χ2n) is 6.25. The van der Waals surface area contributed by atoms with Gasteiger partial charge in [-0.05, 0) is 37.3 Å². The third kappa shape index (κ3) is 3.17. The van der Waals surface area contributed by atoms with Crippen molar-refractivity contribution < 1.29 is 18.4 Å². The Hall–Kier alpha value is -3.54. The third-order valence-corrected chi connectivity index (χ3v) is 4.54. The molecule has 0 spiro atoms. The lowest BCUT2D eigenvalue weighted by molar-refractivity contribution is -0.124. The van der Waals surface area contributed by atoms with Crippen LogP contribution in [0.3, 0.4) is 0 Å². The lowest BCUT2D eigenvalue weighted by atomic mass is 10.1. The number of carbonyl (C=O) groups is 2. The van der Waals surface area contributed by atoms with Crippen molar-refractivity contribution in [3.63, 3.8) is 0 Å². The molecule has 1 aromatic carbocycles. The number of benzene rings is 1. The molecule has 0 bridgehead atoms. The number of carbonyl (C=O) groups excluding carboxylic acids is 2. The first-order chi connectivity index (χ1) is 13.1. The Bertz CT molecular complexity index is 1080. The van der Waals surface area contributed by atoms with Gasteiger partial charge in [-0.3, -0.25) is 9.59 Å². The van der Waals surface area contributed by atoms with Crippen LogP contribution in [0.15, 0.2) is 76.1 Å². The zero-order valence-electron chi connectivity index (χ0n) is 14.7. The molecule has 4 rings (SSSR count). The lowest BCUT2D eigenvalue weighted by Gasteiger charge is -2.14. The van der Waals surface area contributed by atoms with Crippen molar-refractivity contribution in [3.05, 3.63) is 84.3 Å². The predicted octanol–water partition coefficient (Wildman–Crippen LogP) is 3.94. The van der Waals surface area contributed by atoms with E-state index < -0.39 is 6.04 Å².